The molecule has 0 aliphatic carbocycles. The fourth-order valence-corrected chi connectivity index (χ4v) is 4.13. The van der Waals surface area contributed by atoms with Crippen LogP contribution < -0.4 is 4.90 Å². The number of carbonyl (C=O) groups is 1. The lowest BCUT2D eigenvalue weighted by atomic mass is 9.99. The van der Waals surface area contributed by atoms with Crippen molar-refractivity contribution in [3.8, 4) is 11.1 Å². The van der Waals surface area contributed by atoms with E-state index in [0.29, 0.717) is 6.54 Å². The Morgan fingerprint density at radius 3 is 2.41 bits per heavy atom. The quantitative estimate of drug-likeness (QED) is 0.441. The van der Waals surface area contributed by atoms with Crippen LogP contribution in [0.3, 0.4) is 0 Å². The maximum atomic E-state index is 13.6. The van der Waals surface area contributed by atoms with Crippen molar-refractivity contribution in [2.45, 2.75) is 20.0 Å². The number of nitrogens with zero attached hydrogens (tertiary/aromatic N) is 2. The van der Waals surface area contributed by atoms with E-state index in [2.05, 4.69) is 41.1 Å². The van der Waals surface area contributed by atoms with Gasteiger partial charge in [-0.1, -0.05) is 60.7 Å². The highest BCUT2D eigenvalue weighted by atomic mass is 16.2. The molecule has 3 heteroatoms. The van der Waals surface area contributed by atoms with Crippen LogP contribution in [0.4, 0.5) is 5.69 Å². The summed E-state index contributed by atoms with van der Waals surface area (Å²) in [5.74, 6) is 0.0456. The van der Waals surface area contributed by atoms with Gasteiger partial charge in [0.25, 0.3) is 5.91 Å². The lowest BCUT2D eigenvalue weighted by molar-refractivity contribution is 0.0984. The van der Waals surface area contributed by atoms with Crippen LogP contribution in [0.2, 0.25) is 0 Å². The average molecular weight is 378 g/mol. The van der Waals surface area contributed by atoms with Crippen LogP contribution in [0.25, 0.3) is 11.1 Å². The molecule has 1 aliphatic heterocycles. The first kappa shape index (κ1) is 17.5. The van der Waals surface area contributed by atoms with Crippen LogP contribution in [-0.4, -0.2) is 10.5 Å². The number of carbonyl (C=O) groups excluding carboxylic acids is 1. The molecule has 1 aromatic heterocycles. The highest BCUT2D eigenvalue weighted by Gasteiger charge is 2.25. The molecule has 142 valence electrons. The Labute approximate surface area is 170 Å². The van der Waals surface area contributed by atoms with Crippen molar-refractivity contribution in [2.24, 2.45) is 0 Å². The van der Waals surface area contributed by atoms with Crippen molar-refractivity contribution < 1.29 is 4.79 Å². The van der Waals surface area contributed by atoms with Crippen molar-refractivity contribution in [3.63, 3.8) is 0 Å². The first-order valence-corrected chi connectivity index (χ1v) is 9.90. The number of hydrogen-bond donors (Lipinski definition) is 0. The van der Waals surface area contributed by atoms with E-state index in [1.54, 1.807) is 0 Å². The van der Waals surface area contributed by atoms with Crippen molar-refractivity contribution in [1.82, 2.24) is 4.57 Å². The lowest BCUT2D eigenvalue weighted by Crippen LogP contribution is -2.31. The third-order valence-corrected chi connectivity index (χ3v) is 5.68. The number of fused-ring (bicyclic) bond motifs is 2. The number of benzene rings is 3. The van der Waals surface area contributed by atoms with Gasteiger partial charge in [0, 0.05) is 29.7 Å². The summed E-state index contributed by atoms with van der Waals surface area (Å²) in [5.41, 5.74) is 7.33. The Kier molecular flexibility index (Phi) is 4.28. The molecule has 4 aromatic rings. The zero-order valence-electron chi connectivity index (χ0n) is 16.4. The van der Waals surface area contributed by atoms with Gasteiger partial charge in [-0.25, -0.2) is 0 Å². The number of hydrogen-bond acceptors (Lipinski definition) is 1. The van der Waals surface area contributed by atoms with Crippen LogP contribution in [0.15, 0.2) is 91.1 Å². The van der Waals surface area contributed by atoms with Gasteiger partial charge in [0.05, 0.1) is 6.54 Å². The van der Waals surface area contributed by atoms with E-state index >= 15 is 0 Å². The predicted molar refractivity (Wildman–Crippen MR) is 117 cm³/mol. The number of anilines is 1. The normalized spacial score (nSPS) is 12.8. The van der Waals surface area contributed by atoms with Crippen LogP contribution in [0.1, 0.15) is 27.2 Å². The number of para-hydroxylation sites is 1. The second-order valence-corrected chi connectivity index (χ2v) is 7.54. The van der Waals surface area contributed by atoms with E-state index in [1.807, 2.05) is 66.4 Å². The van der Waals surface area contributed by atoms with Gasteiger partial charge < -0.3 is 9.47 Å². The molecule has 1 aliphatic rings. The SMILES string of the molecule is Cc1cc(-c2ccccc2)ccc1C(=O)N1Cc2cccn2Cc2ccccc21. The third kappa shape index (κ3) is 3.15. The van der Waals surface area contributed by atoms with Gasteiger partial charge in [0.2, 0.25) is 0 Å². The molecule has 3 nitrogen and oxygen atoms in total. The van der Waals surface area contributed by atoms with E-state index in [4.69, 9.17) is 0 Å². The minimum atomic E-state index is 0.0456. The monoisotopic (exact) mass is 378 g/mol. The van der Waals surface area contributed by atoms with Crippen molar-refractivity contribution in [3.05, 3.63) is 114 Å². The van der Waals surface area contributed by atoms with E-state index in [1.165, 1.54) is 0 Å². The molecule has 0 bridgehead atoms. The summed E-state index contributed by atoms with van der Waals surface area (Å²) in [7, 11) is 0. The van der Waals surface area contributed by atoms with Crippen molar-refractivity contribution >= 4 is 11.6 Å². The summed E-state index contributed by atoms with van der Waals surface area (Å²) < 4.78 is 2.22. The Morgan fingerprint density at radius 1 is 0.793 bits per heavy atom. The molecular weight excluding hydrogens is 356 g/mol. The van der Waals surface area contributed by atoms with Gasteiger partial charge in [-0.3, -0.25) is 4.79 Å². The molecule has 3 aromatic carbocycles. The van der Waals surface area contributed by atoms with Crippen LogP contribution in [-0.2, 0) is 13.1 Å². The van der Waals surface area contributed by atoms with Gasteiger partial charge in [0.1, 0.15) is 0 Å². The summed E-state index contributed by atoms with van der Waals surface area (Å²) in [6, 6.07) is 28.7. The van der Waals surface area contributed by atoms with Crippen LogP contribution >= 0.6 is 0 Å². The number of amides is 1. The molecule has 0 spiro atoms. The van der Waals surface area contributed by atoms with Gasteiger partial charge in [-0.15, -0.1) is 0 Å². The molecule has 0 N–H and O–H groups in total. The fourth-order valence-electron chi connectivity index (χ4n) is 4.13. The minimum Gasteiger partial charge on any atom is -0.345 e. The average Bonchev–Trinajstić information content (AvgIpc) is 3.13. The zero-order chi connectivity index (χ0) is 19.8. The summed E-state index contributed by atoms with van der Waals surface area (Å²) in [4.78, 5) is 15.5. The minimum absolute atomic E-state index is 0.0456. The molecular formula is C26H22N2O. The summed E-state index contributed by atoms with van der Waals surface area (Å²) in [5, 5.41) is 0. The van der Waals surface area contributed by atoms with E-state index in [0.717, 1.165) is 45.7 Å². The van der Waals surface area contributed by atoms with Gasteiger partial charge in [-0.2, -0.15) is 0 Å². The third-order valence-electron chi connectivity index (χ3n) is 5.68. The van der Waals surface area contributed by atoms with Gasteiger partial charge in [0.15, 0.2) is 0 Å². The number of rotatable bonds is 2. The first-order chi connectivity index (χ1) is 14.2. The summed E-state index contributed by atoms with van der Waals surface area (Å²) in [6.07, 6.45) is 2.08. The zero-order valence-corrected chi connectivity index (χ0v) is 16.4. The van der Waals surface area contributed by atoms with E-state index in [9.17, 15) is 4.79 Å². The highest BCUT2D eigenvalue weighted by molar-refractivity contribution is 6.07. The first-order valence-electron chi connectivity index (χ1n) is 9.90. The molecule has 29 heavy (non-hydrogen) atoms. The summed E-state index contributed by atoms with van der Waals surface area (Å²) >= 11 is 0. The standard InChI is InChI=1S/C26H22N2O/c1-19-16-21(20-8-3-2-4-9-20)13-14-24(19)26(29)28-18-23-11-7-15-27(23)17-22-10-5-6-12-25(22)28/h2-16H,17-18H2,1H3. The number of aryl methyl sites for hydroxylation is 1. The number of aromatic nitrogens is 1. The predicted octanol–water partition coefficient (Wildman–Crippen LogP) is 5.67. The molecule has 0 saturated heterocycles. The van der Waals surface area contributed by atoms with Crippen molar-refractivity contribution in [2.75, 3.05) is 4.90 Å². The maximum absolute atomic E-state index is 13.6. The van der Waals surface area contributed by atoms with Gasteiger partial charge in [-0.05, 0) is 53.4 Å². The van der Waals surface area contributed by atoms with Crippen LogP contribution in [0, 0.1) is 6.92 Å². The molecule has 5 rings (SSSR count). The second kappa shape index (κ2) is 7.10. The topological polar surface area (TPSA) is 25.2 Å². The van der Waals surface area contributed by atoms with E-state index in [-0.39, 0.29) is 5.91 Å². The maximum Gasteiger partial charge on any atom is 0.258 e. The largest absolute Gasteiger partial charge is 0.345 e. The van der Waals surface area contributed by atoms with Crippen molar-refractivity contribution in [1.29, 1.82) is 0 Å². The fraction of sp³-hybridized carbons (Fsp3) is 0.115. The summed E-state index contributed by atoms with van der Waals surface area (Å²) in [6.45, 7) is 3.38. The highest BCUT2D eigenvalue weighted by Crippen LogP contribution is 2.30. The Bertz CT molecular complexity index is 1190. The van der Waals surface area contributed by atoms with Gasteiger partial charge >= 0.3 is 0 Å². The smallest absolute Gasteiger partial charge is 0.258 e. The molecule has 0 unspecified atom stereocenters. The Morgan fingerprint density at radius 2 is 1.59 bits per heavy atom. The Balaban J connectivity index is 1.55. The molecule has 2 heterocycles. The molecule has 0 radical (unpaired) electrons. The molecule has 0 atom stereocenters. The molecule has 0 saturated carbocycles. The lowest BCUT2D eigenvalue weighted by Gasteiger charge is -2.24. The van der Waals surface area contributed by atoms with E-state index < -0.39 is 0 Å². The molecule has 1 amide bonds. The second-order valence-electron chi connectivity index (χ2n) is 7.54. The Hall–Kier alpha value is -3.59. The molecule has 0 fully saturated rings. The van der Waals surface area contributed by atoms with Crippen LogP contribution in [0.5, 0.6) is 0 Å².